The molecule has 0 saturated carbocycles. The minimum atomic E-state index is -1.99. The molecule has 0 bridgehead atoms. The van der Waals surface area contributed by atoms with Crippen molar-refractivity contribution in [2.24, 2.45) is 5.92 Å². The van der Waals surface area contributed by atoms with Crippen molar-refractivity contribution >= 4 is 22.4 Å². The molecule has 0 heterocycles. The van der Waals surface area contributed by atoms with Crippen LogP contribution in [0.1, 0.15) is 44.2 Å². The molecule has 1 N–H and O–H groups in total. The second-order valence-corrected chi connectivity index (χ2v) is 8.26. The number of Topliss-reactive ketones (excluding diaryl/α,β-unsaturated/α-hetero) is 1. The van der Waals surface area contributed by atoms with Gasteiger partial charge in [0, 0.05) is 6.42 Å². The van der Waals surface area contributed by atoms with Crippen LogP contribution in [0.2, 0.25) is 0 Å². The summed E-state index contributed by atoms with van der Waals surface area (Å²) < 4.78 is 21.2. The van der Waals surface area contributed by atoms with Gasteiger partial charge in [0.15, 0.2) is 16.9 Å². The fraction of sp³-hybridized carbons (Fsp3) is 0.292. The predicted molar refractivity (Wildman–Crippen MR) is 114 cm³/mol. The van der Waals surface area contributed by atoms with Crippen molar-refractivity contribution in [3.8, 4) is 0 Å². The van der Waals surface area contributed by atoms with Gasteiger partial charge in [-0.1, -0.05) is 60.2 Å². The molecular formula is C24H26O3S. The summed E-state index contributed by atoms with van der Waals surface area (Å²) in [7, 11) is 0. The Morgan fingerprint density at radius 2 is 1.75 bits per heavy atom. The minimum absolute atomic E-state index is 0.136. The van der Waals surface area contributed by atoms with Gasteiger partial charge in [-0.15, -0.1) is 0 Å². The molecule has 0 spiro atoms. The van der Waals surface area contributed by atoms with Crippen LogP contribution < -0.4 is 0 Å². The molecular weight excluding hydrogens is 368 g/mol. The molecule has 0 saturated heterocycles. The number of allylic oxidation sites excluding steroid dienone is 4. The van der Waals surface area contributed by atoms with E-state index >= 15 is 0 Å². The van der Waals surface area contributed by atoms with Crippen LogP contribution in [0.3, 0.4) is 0 Å². The number of carbonyl (C=O) groups excluding carboxylic acids is 1. The lowest BCUT2D eigenvalue weighted by atomic mass is 9.80. The molecule has 3 rings (SSSR count). The van der Waals surface area contributed by atoms with E-state index in [-0.39, 0.29) is 5.78 Å². The zero-order chi connectivity index (χ0) is 20.1. The molecule has 146 valence electrons. The van der Waals surface area contributed by atoms with Gasteiger partial charge >= 0.3 is 0 Å². The number of carbonyl (C=O) groups is 1. The van der Waals surface area contributed by atoms with Crippen molar-refractivity contribution in [1.82, 2.24) is 0 Å². The van der Waals surface area contributed by atoms with Crippen LogP contribution in [0, 0.1) is 5.92 Å². The molecule has 0 radical (unpaired) electrons. The van der Waals surface area contributed by atoms with Gasteiger partial charge in [0.05, 0.1) is 4.90 Å². The molecule has 28 heavy (non-hydrogen) atoms. The van der Waals surface area contributed by atoms with Gasteiger partial charge in [-0.3, -0.25) is 4.79 Å². The monoisotopic (exact) mass is 394 g/mol. The molecule has 3 nitrogen and oxygen atoms in total. The Kier molecular flexibility index (Phi) is 6.76. The molecule has 2 aromatic carbocycles. The van der Waals surface area contributed by atoms with Crippen LogP contribution in [0.4, 0.5) is 0 Å². The van der Waals surface area contributed by atoms with Gasteiger partial charge < -0.3 is 4.55 Å². The molecule has 2 atom stereocenters. The second-order valence-electron chi connectivity index (χ2n) is 7.33. The Balaban J connectivity index is 1.83. The largest absolute Gasteiger partial charge is 0.302 e. The van der Waals surface area contributed by atoms with Crippen molar-refractivity contribution in [3.05, 3.63) is 82.9 Å². The smallest absolute Gasteiger partial charge is 0.187 e. The Hall–Kier alpha value is -2.30. The Labute approximate surface area is 169 Å². The van der Waals surface area contributed by atoms with Crippen molar-refractivity contribution in [2.75, 3.05) is 0 Å². The van der Waals surface area contributed by atoms with E-state index in [0.29, 0.717) is 17.2 Å². The summed E-state index contributed by atoms with van der Waals surface area (Å²) in [4.78, 5) is 12.8. The summed E-state index contributed by atoms with van der Waals surface area (Å²) in [5.41, 5.74) is 5.21. The first-order valence-electron chi connectivity index (χ1n) is 9.61. The maximum atomic E-state index is 12.3. The maximum absolute atomic E-state index is 12.3. The lowest BCUT2D eigenvalue weighted by molar-refractivity contribution is -0.113. The predicted octanol–water partition coefficient (Wildman–Crippen LogP) is 5.60. The number of benzene rings is 2. The Morgan fingerprint density at radius 1 is 1.07 bits per heavy atom. The Bertz CT molecular complexity index is 941. The normalized spacial score (nSPS) is 18.8. The van der Waals surface area contributed by atoms with Gasteiger partial charge in [0.25, 0.3) is 0 Å². The number of hydrogen-bond acceptors (Lipinski definition) is 2. The number of ketones is 1. The van der Waals surface area contributed by atoms with E-state index < -0.39 is 11.1 Å². The molecule has 2 unspecified atom stereocenters. The molecule has 1 aliphatic carbocycles. The number of hydrogen-bond donors (Lipinski definition) is 1. The molecule has 4 heteroatoms. The summed E-state index contributed by atoms with van der Waals surface area (Å²) in [6, 6.07) is 17.4. The van der Waals surface area contributed by atoms with Crippen LogP contribution in [-0.4, -0.2) is 14.5 Å². The molecule has 2 aromatic rings. The lowest BCUT2D eigenvalue weighted by Crippen LogP contribution is -2.13. The third kappa shape index (κ3) is 4.75. The maximum Gasteiger partial charge on any atom is 0.187 e. The van der Waals surface area contributed by atoms with Crippen LogP contribution in [-0.2, 0) is 22.3 Å². The van der Waals surface area contributed by atoms with Crippen molar-refractivity contribution in [1.29, 1.82) is 0 Å². The first kappa shape index (κ1) is 20.4. The molecule has 0 amide bonds. The lowest BCUT2D eigenvalue weighted by Gasteiger charge is -2.25. The topological polar surface area (TPSA) is 54.4 Å². The summed E-state index contributed by atoms with van der Waals surface area (Å²) in [6.45, 7) is 3.73. The van der Waals surface area contributed by atoms with Gasteiger partial charge in [-0.25, -0.2) is 4.21 Å². The van der Waals surface area contributed by atoms with Crippen LogP contribution in [0.15, 0.2) is 76.7 Å². The fourth-order valence-corrected chi connectivity index (χ4v) is 4.53. The van der Waals surface area contributed by atoms with Crippen LogP contribution >= 0.6 is 0 Å². The van der Waals surface area contributed by atoms with Crippen molar-refractivity contribution < 1.29 is 13.6 Å². The second kappa shape index (κ2) is 9.26. The summed E-state index contributed by atoms with van der Waals surface area (Å²) in [6.07, 6.45) is 5.46. The zero-order valence-electron chi connectivity index (χ0n) is 16.4. The third-order valence-electron chi connectivity index (χ3n) is 5.57. The average molecular weight is 395 g/mol. The first-order chi connectivity index (χ1) is 13.5. The molecule has 0 aliphatic heterocycles. The Morgan fingerprint density at radius 3 is 2.36 bits per heavy atom. The highest BCUT2D eigenvalue weighted by atomic mass is 32.2. The van der Waals surface area contributed by atoms with Gasteiger partial charge in [-0.2, -0.15) is 0 Å². The summed E-state index contributed by atoms with van der Waals surface area (Å²) in [5, 5.41) is 0. The third-order valence-corrected chi connectivity index (χ3v) is 6.30. The van der Waals surface area contributed by atoms with E-state index in [9.17, 15) is 13.6 Å². The van der Waals surface area contributed by atoms with E-state index in [0.717, 1.165) is 41.5 Å². The molecule has 0 aromatic heterocycles. The van der Waals surface area contributed by atoms with E-state index in [2.05, 4.69) is 25.1 Å². The highest BCUT2D eigenvalue weighted by Crippen LogP contribution is 2.37. The van der Waals surface area contributed by atoms with E-state index in [4.69, 9.17) is 0 Å². The number of rotatable bonds is 6. The van der Waals surface area contributed by atoms with Crippen molar-refractivity contribution in [3.63, 3.8) is 0 Å². The van der Waals surface area contributed by atoms with Crippen molar-refractivity contribution in [2.45, 2.75) is 44.4 Å². The fourth-order valence-electron chi connectivity index (χ4n) is 3.94. The van der Waals surface area contributed by atoms with Gasteiger partial charge in [0.1, 0.15) is 0 Å². The minimum Gasteiger partial charge on any atom is -0.302 e. The average Bonchev–Trinajstić information content (AvgIpc) is 2.72. The highest BCUT2D eigenvalue weighted by Gasteiger charge is 2.22. The standard InChI is InChI=1S/C24H26O3S/c1-17(23(18(2)25)16-19-8-4-3-5-9-19)20-12-14-21(15-13-20)22-10-6-7-11-24(22)28(26)27/h3-11,14,20H,12-13,15-16H2,1-2H3,(H,26,27)/b23-17+. The SMILES string of the molecule is CC(=O)/C(Cc1ccccc1)=C(\C)C1CC=C(c2ccccc2S(=O)O)CC1. The quantitative estimate of drug-likeness (QED) is 0.512. The summed E-state index contributed by atoms with van der Waals surface area (Å²) >= 11 is -1.99. The van der Waals surface area contributed by atoms with E-state index in [1.807, 2.05) is 30.3 Å². The van der Waals surface area contributed by atoms with E-state index in [1.54, 1.807) is 19.1 Å². The van der Waals surface area contributed by atoms with Crippen LogP contribution in [0.25, 0.3) is 5.57 Å². The van der Waals surface area contributed by atoms with Crippen LogP contribution in [0.5, 0.6) is 0 Å². The molecule has 1 aliphatic rings. The van der Waals surface area contributed by atoms with Gasteiger partial charge in [0.2, 0.25) is 0 Å². The highest BCUT2D eigenvalue weighted by molar-refractivity contribution is 7.79. The molecule has 0 fully saturated rings. The zero-order valence-corrected chi connectivity index (χ0v) is 17.2. The summed E-state index contributed by atoms with van der Waals surface area (Å²) in [5.74, 6) is 0.468. The van der Waals surface area contributed by atoms with Gasteiger partial charge in [-0.05, 0) is 67.4 Å². The van der Waals surface area contributed by atoms with E-state index in [1.165, 1.54) is 5.57 Å². The first-order valence-corrected chi connectivity index (χ1v) is 10.7.